The average Bonchev–Trinajstić information content (AvgIpc) is 2.94. The van der Waals surface area contributed by atoms with Crippen LogP contribution >= 0.6 is 11.3 Å². The predicted octanol–water partition coefficient (Wildman–Crippen LogP) is 2.45. The molecule has 2 aromatic heterocycles. The third-order valence-corrected chi connectivity index (χ3v) is 3.57. The molecule has 0 bridgehead atoms. The van der Waals surface area contributed by atoms with Gasteiger partial charge in [-0.2, -0.15) is 0 Å². The summed E-state index contributed by atoms with van der Waals surface area (Å²) in [4.78, 5) is 5.75. The minimum Gasteiger partial charge on any atom is -0.462 e. The van der Waals surface area contributed by atoms with Crippen molar-refractivity contribution in [3.63, 3.8) is 0 Å². The van der Waals surface area contributed by atoms with Crippen molar-refractivity contribution in [3.05, 3.63) is 29.0 Å². The van der Waals surface area contributed by atoms with Gasteiger partial charge in [0.2, 0.25) is 0 Å². The molecule has 0 aliphatic carbocycles. The molecular weight excluding hydrogens is 236 g/mol. The molecule has 2 rings (SSSR count). The van der Waals surface area contributed by atoms with E-state index in [4.69, 9.17) is 9.15 Å². The molecule has 0 unspecified atom stereocenters. The molecule has 0 atom stereocenters. The predicted molar refractivity (Wildman–Crippen MR) is 68.1 cm³/mol. The number of aryl methyl sites for hydroxylation is 1. The van der Waals surface area contributed by atoms with Crippen molar-refractivity contribution >= 4 is 11.3 Å². The van der Waals surface area contributed by atoms with Crippen LogP contribution in [0.15, 0.2) is 22.8 Å². The lowest BCUT2D eigenvalue weighted by molar-refractivity contribution is 0.199. The maximum atomic E-state index is 5.34. The van der Waals surface area contributed by atoms with Gasteiger partial charge < -0.3 is 14.5 Å². The second-order valence-corrected chi connectivity index (χ2v) is 4.76. The fraction of sp³-hybridized carbons (Fsp3) is 0.417. The molecule has 0 aromatic carbocycles. The maximum Gasteiger partial charge on any atom is 0.162 e. The molecule has 2 aromatic rings. The molecule has 0 amide bonds. The number of furan rings is 1. The number of hydrogen-bond donors (Lipinski definition) is 1. The fourth-order valence-electron chi connectivity index (χ4n) is 1.47. The molecular formula is C12H16N2O2S. The van der Waals surface area contributed by atoms with Crippen LogP contribution < -0.4 is 5.32 Å². The van der Waals surface area contributed by atoms with Crippen LogP contribution in [-0.2, 0) is 11.3 Å². The van der Waals surface area contributed by atoms with Gasteiger partial charge in [-0.15, -0.1) is 11.3 Å². The molecule has 4 nitrogen and oxygen atoms in total. The van der Waals surface area contributed by atoms with Gasteiger partial charge in [0, 0.05) is 25.1 Å². The summed E-state index contributed by atoms with van der Waals surface area (Å²) in [7, 11) is 1.70. The number of nitrogens with zero attached hydrogens (tertiary/aromatic N) is 1. The highest BCUT2D eigenvalue weighted by molar-refractivity contribution is 7.15. The highest BCUT2D eigenvalue weighted by atomic mass is 32.1. The Bertz CT molecular complexity index is 451. The van der Waals surface area contributed by atoms with Crippen LogP contribution in [0.3, 0.4) is 0 Å². The van der Waals surface area contributed by atoms with E-state index >= 15 is 0 Å². The van der Waals surface area contributed by atoms with Gasteiger partial charge in [-0.05, 0) is 19.1 Å². The minimum absolute atomic E-state index is 0.725. The standard InChI is InChI=1S/C12H16N2O2S/c1-9-11(8-13-5-7-15-2)17-12(14-9)10-4-3-6-16-10/h3-4,6,13H,5,7-8H2,1-2H3. The fourth-order valence-corrected chi connectivity index (χ4v) is 2.47. The van der Waals surface area contributed by atoms with Gasteiger partial charge >= 0.3 is 0 Å². The topological polar surface area (TPSA) is 47.3 Å². The summed E-state index contributed by atoms with van der Waals surface area (Å²) in [6.07, 6.45) is 1.67. The van der Waals surface area contributed by atoms with Gasteiger partial charge in [-0.25, -0.2) is 4.98 Å². The Morgan fingerprint density at radius 2 is 2.41 bits per heavy atom. The van der Waals surface area contributed by atoms with Crippen molar-refractivity contribution in [3.8, 4) is 10.8 Å². The second-order valence-electron chi connectivity index (χ2n) is 3.67. The monoisotopic (exact) mass is 252 g/mol. The number of rotatable bonds is 6. The number of nitrogens with one attached hydrogen (secondary N) is 1. The van der Waals surface area contributed by atoms with Crippen LogP contribution in [0.25, 0.3) is 10.8 Å². The van der Waals surface area contributed by atoms with E-state index in [9.17, 15) is 0 Å². The Labute approximate surface area is 105 Å². The molecule has 0 aliphatic heterocycles. The molecule has 0 saturated carbocycles. The smallest absolute Gasteiger partial charge is 0.162 e. The van der Waals surface area contributed by atoms with E-state index in [1.807, 2.05) is 19.1 Å². The Morgan fingerprint density at radius 3 is 3.12 bits per heavy atom. The van der Waals surface area contributed by atoms with E-state index in [-0.39, 0.29) is 0 Å². The summed E-state index contributed by atoms with van der Waals surface area (Å²) in [5.41, 5.74) is 1.06. The molecule has 1 N–H and O–H groups in total. The number of thiazole rings is 1. The highest BCUT2D eigenvalue weighted by Gasteiger charge is 2.10. The van der Waals surface area contributed by atoms with E-state index in [0.717, 1.165) is 36.2 Å². The first-order valence-electron chi connectivity index (χ1n) is 5.51. The Hall–Kier alpha value is -1.17. The molecule has 17 heavy (non-hydrogen) atoms. The molecule has 0 spiro atoms. The normalized spacial score (nSPS) is 10.9. The zero-order valence-corrected chi connectivity index (χ0v) is 10.8. The Morgan fingerprint density at radius 1 is 1.53 bits per heavy atom. The lowest BCUT2D eigenvalue weighted by atomic mass is 10.4. The lowest BCUT2D eigenvalue weighted by Crippen LogP contribution is -2.18. The van der Waals surface area contributed by atoms with Crippen LogP contribution in [-0.4, -0.2) is 25.2 Å². The van der Waals surface area contributed by atoms with Gasteiger partial charge in [-0.1, -0.05) is 0 Å². The molecule has 0 radical (unpaired) electrons. The third-order valence-electron chi connectivity index (χ3n) is 2.39. The summed E-state index contributed by atoms with van der Waals surface area (Å²) in [5.74, 6) is 0.834. The molecule has 0 saturated heterocycles. The van der Waals surface area contributed by atoms with E-state index < -0.39 is 0 Å². The molecule has 2 heterocycles. The molecule has 0 aliphatic rings. The van der Waals surface area contributed by atoms with E-state index in [2.05, 4.69) is 10.3 Å². The van der Waals surface area contributed by atoms with Crippen molar-refractivity contribution < 1.29 is 9.15 Å². The number of methoxy groups -OCH3 is 1. The largest absolute Gasteiger partial charge is 0.462 e. The molecule has 5 heteroatoms. The van der Waals surface area contributed by atoms with E-state index in [1.165, 1.54) is 4.88 Å². The third kappa shape index (κ3) is 3.15. The summed E-state index contributed by atoms with van der Waals surface area (Å²) >= 11 is 1.67. The van der Waals surface area contributed by atoms with Gasteiger partial charge in [0.05, 0.1) is 18.6 Å². The first-order valence-corrected chi connectivity index (χ1v) is 6.32. The van der Waals surface area contributed by atoms with Crippen molar-refractivity contribution in [2.75, 3.05) is 20.3 Å². The van der Waals surface area contributed by atoms with Crippen molar-refractivity contribution in [2.24, 2.45) is 0 Å². The van der Waals surface area contributed by atoms with Gasteiger partial charge in [0.25, 0.3) is 0 Å². The summed E-state index contributed by atoms with van der Waals surface area (Å²) in [5, 5.41) is 4.26. The first-order chi connectivity index (χ1) is 8.31. The second kappa shape index (κ2) is 5.95. The maximum absolute atomic E-state index is 5.34. The van der Waals surface area contributed by atoms with Gasteiger partial charge in [-0.3, -0.25) is 0 Å². The average molecular weight is 252 g/mol. The number of hydrogen-bond acceptors (Lipinski definition) is 5. The van der Waals surface area contributed by atoms with Crippen LogP contribution in [0.1, 0.15) is 10.6 Å². The summed E-state index contributed by atoms with van der Waals surface area (Å²) < 4.78 is 10.3. The Kier molecular flexibility index (Phi) is 4.30. The van der Waals surface area contributed by atoms with Crippen LogP contribution in [0.4, 0.5) is 0 Å². The summed E-state index contributed by atoms with van der Waals surface area (Å²) in [6, 6.07) is 3.81. The van der Waals surface area contributed by atoms with Crippen molar-refractivity contribution in [2.45, 2.75) is 13.5 Å². The lowest BCUT2D eigenvalue weighted by Gasteiger charge is -2.01. The number of ether oxygens (including phenoxy) is 1. The van der Waals surface area contributed by atoms with Gasteiger partial charge in [0.1, 0.15) is 0 Å². The number of aromatic nitrogens is 1. The first kappa shape index (κ1) is 12.3. The highest BCUT2D eigenvalue weighted by Crippen LogP contribution is 2.27. The zero-order chi connectivity index (χ0) is 12.1. The quantitative estimate of drug-likeness (QED) is 0.802. The molecule has 92 valence electrons. The van der Waals surface area contributed by atoms with E-state index in [1.54, 1.807) is 24.7 Å². The van der Waals surface area contributed by atoms with Crippen LogP contribution in [0.5, 0.6) is 0 Å². The minimum atomic E-state index is 0.725. The van der Waals surface area contributed by atoms with Crippen LogP contribution in [0, 0.1) is 6.92 Å². The van der Waals surface area contributed by atoms with Crippen LogP contribution in [0.2, 0.25) is 0 Å². The zero-order valence-electron chi connectivity index (χ0n) is 10.0. The van der Waals surface area contributed by atoms with Crippen molar-refractivity contribution in [1.29, 1.82) is 0 Å². The van der Waals surface area contributed by atoms with E-state index in [0.29, 0.717) is 0 Å². The van der Waals surface area contributed by atoms with Crippen molar-refractivity contribution in [1.82, 2.24) is 10.3 Å². The van der Waals surface area contributed by atoms with Gasteiger partial charge in [0.15, 0.2) is 10.8 Å². The summed E-state index contributed by atoms with van der Waals surface area (Å²) in [6.45, 7) is 4.43. The molecule has 0 fully saturated rings. The Balaban J connectivity index is 1.99. The SMILES string of the molecule is COCCNCc1sc(-c2ccco2)nc1C.